The van der Waals surface area contributed by atoms with Gasteiger partial charge >= 0.3 is 0 Å². The van der Waals surface area contributed by atoms with Crippen molar-refractivity contribution in [1.29, 1.82) is 0 Å². The Morgan fingerprint density at radius 2 is 2.19 bits per heavy atom. The molecule has 1 amide bonds. The molecule has 1 fully saturated rings. The van der Waals surface area contributed by atoms with Gasteiger partial charge < -0.3 is 10.6 Å². The number of carbonyl (C=O) groups excluding carboxylic acids is 1. The lowest BCUT2D eigenvalue weighted by atomic mass is 10.1. The number of hydrogen-bond donors (Lipinski definition) is 3. The zero-order chi connectivity index (χ0) is 14.7. The second-order valence-corrected chi connectivity index (χ2v) is 5.17. The van der Waals surface area contributed by atoms with Crippen LogP contribution in [0.15, 0.2) is 30.5 Å². The lowest BCUT2D eigenvalue weighted by Crippen LogP contribution is -2.37. The van der Waals surface area contributed by atoms with Gasteiger partial charge in [-0.1, -0.05) is 0 Å². The van der Waals surface area contributed by atoms with E-state index in [2.05, 4.69) is 20.8 Å². The van der Waals surface area contributed by atoms with Crippen molar-refractivity contribution in [2.24, 2.45) is 0 Å². The van der Waals surface area contributed by atoms with Gasteiger partial charge in [-0.15, -0.1) is 0 Å². The zero-order valence-corrected chi connectivity index (χ0v) is 11.5. The van der Waals surface area contributed by atoms with E-state index in [0.29, 0.717) is 23.8 Å². The molecule has 3 rings (SSSR count). The third kappa shape index (κ3) is 3.11. The minimum absolute atomic E-state index is 0.170. The van der Waals surface area contributed by atoms with Crippen molar-refractivity contribution in [1.82, 2.24) is 20.8 Å². The number of H-pyrrole nitrogens is 1. The molecule has 0 saturated carbocycles. The maximum absolute atomic E-state index is 13.0. The molecule has 0 radical (unpaired) electrons. The summed E-state index contributed by atoms with van der Waals surface area (Å²) < 4.78 is 13.0. The summed E-state index contributed by atoms with van der Waals surface area (Å²) in [6.07, 6.45) is 3.72. The molecule has 5 nitrogen and oxygen atoms in total. The smallest absolute Gasteiger partial charge is 0.255 e. The molecular weight excluding hydrogens is 271 g/mol. The van der Waals surface area contributed by atoms with Gasteiger partial charge in [-0.05, 0) is 43.7 Å². The van der Waals surface area contributed by atoms with E-state index in [1.807, 2.05) is 0 Å². The fourth-order valence-corrected chi connectivity index (χ4v) is 2.54. The van der Waals surface area contributed by atoms with Gasteiger partial charge in [0.05, 0.1) is 17.5 Å². The molecule has 1 saturated heterocycles. The first-order valence-corrected chi connectivity index (χ1v) is 7.05. The topological polar surface area (TPSA) is 69.8 Å². The maximum atomic E-state index is 13.0. The van der Waals surface area contributed by atoms with E-state index in [4.69, 9.17) is 0 Å². The van der Waals surface area contributed by atoms with Gasteiger partial charge in [0.1, 0.15) is 5.82 Å². The molecule has 1 aliphatic rings. The number of aromatic nitrogens is 2. The van der Waals surface area contributed by atoms with Crippen molar-refractivity contribution in [3.63, 3.8) is 0 Å². The van der Waals surface area contributed by atoms with E-state index in [1.165, 1.54) is 18.3 Å². The average Bonchev–Trinajstić information content (AvgIpc) is 3.17. The molecule has 2 heterocycles. The normalized spacial score (nSPS) is 17.9. The molecule has 6 heteroatoms. The van der Waals surface area contributed by atoms with Crippen LogP contribution in [0.25, 0.3) is 11.3 Å². The Bertz CT molecular complexity index is 617. The van der Waals surface area contributed by atoms with E-state index in [1.54, 1.807) is 12.1 Å². The van der Waals surface area contributed by atoms with Gasteiger partial charge in [0.25, 0.3) is 5.91 Å². The van der Waals surface area contributed by atoms with E-state index >= 15 is 0 Å². The third-order valence-electron chi connectivity index (χ3n) is 3.69. The molecule has 21 heavy (non-hydrogen) atoms. The van der Waals surface area contributed by atoms with Crippen LogP contribution in [0.2, 0.25) is 0 Å². The van der Waals surface area contributed by atoms with Gasteiger partial charge in [-0.3, -0.25) is 9.89 Å². The van der Waals surface area contributed by atoms with Gasteiger partial charge in [0, 0.05) is 18.2 Å². The molecule has 1 aromatic carbocycles. The quantitative estimate of drug-likeness (QED) is 0.802. The SMILES string of the molecule is O=C(NCC1CCCN1)c1cn[nH]c1-c1ccc(F)cc1. The minimum atomic E-state index is -0.309. The highest BCUT2D eigenvalue weighted by atomic mass is 19.1. The predicted octanol–water partition coefficient (Wildman–Crippen LogP) is 1.70. The van der Waals surface area contributed by atoms with Crippen LogP contribution in [-0.2, 0) is 0 Å². The average molecular weight is 288 g/mol. The molecule has 2 aromatic rings. The number of nitrogens with one attached hydrogen (secondary N) is 3. The van der Waals surface area contributed by atoms with Crippen molar-refractivity contribution >= 4 is 5.91 Å². The van der Waals surface area contributed by atoms with Crippen LogP contribution < -0.4 is 10.6 Å². The van der Waals surface area contributed by atoms with Crippen molar-refractivity contribution in [3.05, 3.63) is 41.8 Å². The fourth-order valence-electron chi connectivity index (χ4n) is 2.54. The molecule has 3 N–H and O–H groups in total. The van der Waals surface area contributed by atoms with E-state index in [0.717, 1.165) is 24.9 Å². The van der Waals surface area contributed by atoms with Gasteiger partial charge in [0.2, 0.25) is 0 Å². The van der Waals surface area contributed by atoms with Crippen LogP contribution >= 0.6 is 0 Å². The van der Waals surface area contributed by atoms with Crippen molar-refractivity contribution in [2.45, 2.75) is 18.9 Å². The number of nitrogens with zero attached hydrogens (tertiary/aromatic N) is 1. The summed E-state index contributed by atoms with van der Waals surface area (Å²) in [4.78, 5) is 12.3. The molecule has 0 bridgehead atoms. The van der Waals surface area contributed by atoms with E-state index < -0.39 is 0 Å². The van der Waals surface area contributed by atoms with Crippen molar-refractivity contribution < 1.29 is 9.18 Å². The Hall–Kier alpha value is -2.21. The Morgan fingerprint density at radius 1 is 1.38 bits per heavy atom. The summed E-state index contributed by atoms with van der Waals surface area (Å²) in [5.41, 5.74) is 1.81. The lowest BCUT2D eigenvalue weighted by Gasteiger charge is -2.11. The minimum Gasteiger partial charge on any atom is -0.350 e. The Balaban J connectivity index is 1.72. The molecule has 110 valence electrons. The van der Waals surface area contributed by atoms with Gasteiger partial charge in [-0.2, -0.15) is 5.10 Å². The largest absolute Gasteiger partial charge is 0.350 e. The predicted molar refractivity (Wildman–Crippen MR) is 77.3 cm³/mol. The maximum Gasteiger partial charge on any atom is 0.255 e. The highest BCUT2D eigenvalue weighted by Crippen LogP contribution is 2.21. The number of halogens is 1. The highest BCUT2D eigenvalue weighted by Gasteiger charge is 2.18. The number of amides is 1. The summed E-state index contributed by atoms with van der Waals surface area (Å²) in [5.74, 6) is -0.478. The Labute approximate surface area is 121 Å². The zero-order valence-electron chi connectivity index (χ0n) is 11.5. The fraction of sp³-hybridized carbons (Fsp3) is 0.333. The standard InChI is InChI=1S/C15H17FN4O/c16-11-5-3-10(4-6-11)14-13(9-19-20-14)15(21)18-8-12-2-1-7-17-12/h3-6,9,12,17H,1-2,7-8H2,(H,18,21)(H,19,20). The summed E-state index contributed by atoms with van der Waals surface area (Å²) in [7, 11) is 0. The summed E-state index contributed by atoms with van der Waals surface area (Å²) in [6, 6.07) is 6.31. The number of benzene rings is 1. The molecule has 1 aliphatic heterocycles. The van der Waals surface area contributed by atoms with Crippen LogP contribution in [0.5, 0.6) is 0 Å². The van der Waals surface area contributed by atoms with Crippen LogP contribution in [0.3, 0.4) is 0 Å². The van der Waals surface area contributed by atoms with Crippen LogP contribution in [0.1, 0.15) is 23.2 Å². The molecule has 0 spiro atoms. The molecular formula is C15H17FN4O. The number of hydrogen-bond acceptors (Lipinski definition) is 3. The molecule has 1 unspecified atom stereocenters. The van der Waals surface area contributed by atoms with Gasteiger partial charge in [-0.25, -0.2) is 4.39 Å². The number of rotatable bonds is 4. The first-order chi connectivity index (χ1) is 10.2. The van der Waals surface area contributed by atoms with E-state index in [9.17, 15) is 9.18 Å². The molecule has 0 aliphatic carbocycles. The highest BCUT2D eigenvalue weighted by molar-refractivity contribution is 5.99. The van der Waals surface area contributed by atoms with Gasteiger partial charge in [0.15, 0.2) is 0 Å². The summed E-state index contributed by atoms with van der Waals surface area (Å²) >= 11 is 0. The summed E-state index contributed by atoms with van der Waals surface area (Å²) in [6.45, 7) is 1.61. The number of carbonyl (C=O) groups is 1. The van der Waals surface area contributed by atoms with Crippen LogP contribution in [0.4, 0.5) is 4.39 Å². The monoisotopic (exact) mass is 288 g/mol. The second kappa shape index (κ2) is 6.05. The first-order valence-electron chi connectivity index (χ1n) is 7.05. The molecule has 1 aromatic heterocycles. The third-order valence-corrected chi connectivity index (χ3v) is 3.69. The Morgan fingerprint density at radius 3 is 2.90 bits per heavy atom. The first kappa shape index (κ1) is 13.8. The lowest BCUT2D eigenvalue weighted by molar-refractivity contribution is 0.0951. The van der Waals surface area contributed by atoms with Crippen molar-refractivity contribution in [2.75, 3.05) is 13.1 Å². The number of aromatic amines is 1. The van der Waals surface area contributed by atoms with Crippen molar-refractivity contribution in [3.8, 4) is 11.3 Å². The van der Waals surface area contributed by atoms with Crippen LogP contribution in [-0.4, -0.2) is 35.2 Å². The summed E-state index contributed by atoms with van der Waals surface area (Å²) in [5, 5.41) is 13.0. The second-order valence-electron chi connectivity index (χ2n) is 5.17. The molecule has 1 atom stereocenters. The van der Waals surface area contributed by atoms with E-state index in [-0.39, 0.29) is 11.7 Å². The Kier molecular flexibility index (Phi) is 3.96. The van der Waals surface area contributed by atoms with Crippen LogP contribution in [0, 0.1) is 5.82 Å².